The van der Waals surface area contributed by atoms with Crippen LogP contribution in [0.25, 0.3) is 5.69 Å². The van der Waals surface area contributed by atoms with Crippen LogP contribution in [0.5, 0.6) is 0 Å². The number of carbonyl (C=O) groups is 1. The monoisotopic (exact) mass is 345 g/mol. The summed E-state index contributed by atoms with van der Waals surface area (Å²) in [5.41, 5.74) is 0.871. The Hall–Kier alpha value is -2.34. The van der Waals surface area contributed by atoms with Crippen molar-refractivity contribution in [3.05, 3.63) is 76.3 Å². The Morgan fingerprint density at radius 1 is 1.10 bits per heavy atom. The van der Waals surface area contributed by atoms with Gasteiger partial charge in [0.1, 0.15) is 11.5 Å². The Morgan fingerprint density at radius 3 is 2.62 bits per heavy atom. The third-order valence-corrected chi connectivity index (χ3v) is 3.59. The summed E-state index contributed by atoms with van der Waals surface area (Å²) in [4.78, 5) is 12.5. The van der Waals surface area contributed by atoms with E-state index in [-0.39, 0.29) is 15.7 Å². The minimum Gasteiger partial charge on any atom is -0.287 e. The predicted molar refractivity (Wildman–Crippen MR) is 78.9 cm³/mol. The van der Waals surface area contributed by atoms with Gasteiger partial charge in [0.2, 0.25) is 5.78 Å². The van der Waals surface area contributed by atoms with Gasteiger partial charge >= 0.3 is 0 Å². The van der Waals surface area contributed by atoms with E-state index in [0.717, 1.165) is 0 Å². The lowest BCUT2D eigenvalue weighted by atomic mass is 10.1. The lowest BCUT2D eigenvalue weighted by Crippen LogP contribution is -2.11. The third kappa shape index (κ3) is 2.50. The Labute approximate surface area is 128 Å². The summed E-state index contributed by atoms with van der Waals surface area (Å²) >= 11 is 3.08. The van der Waals surface area contributed by atoms with Gasteiger partial charge in [0.15, 0.2) is 0 Å². The van der Waals surface area contributed by atoms with Crippen molar-refractivity contribution < 1.29 is 9.18 Å². The first kappa shape index (κ1) is 13.6. The van der Waals surface area contributed by atoms with E-state index >= 15 is 0 Å². The average molecular weight is 346 g/mol. The molecule has 2 aromatic carbocycles. The first-order chi connectivity index (χ1) is 10.2. The molecule has 0 aliphatic carbocycles. The molecule has 0 amide bonds. The second kappa shape index (κ2) is 5.57. The molecule has 0 aliphatic heterocycles. The number of benzene rings is 2. The van der Waals surface area contributed by atoms with E-state index in [9.17, 15) is 9.18 Å². The summed E-state index contributed by atoms with van der Waals surface area (Å²) in [6.45, 7) is 0. The standard InChI is InChI=1S/C15H9BrFN3O/c16-12-8-4-7-11(14(12)17)15(21)13-9-18-19-20(13)10-5-2-1-3-6-10/h1-9H. The lowest BCUT2D eigenvalue weighted by molar-refractivity contribution is 0.102. The molecule has 3 aromatic rings. The second-order valence-corrected chi connectivity index (χ2v) is 5.15. The number of ketones is 1. The van der Waals surface area contributed by atoms with E-state index in [0.29, 0.717) is 5.69 Å². The van der Waals surface area contributed by atoms with Gasteiger partial charge in [-0.3, -0.25) is 4.79 Å². The van der Waals surface area contributed by atoms with Gasteiger partial charge in [-0.25, -0.2) is 9.07 Å². The highest BCUT2D eigenvalue weighted by molar-refractivity contribution is 9.10. The molecule has 6 heteroatoms. The molecule has 104 valence electrons. The van der Waals surface area contributed by atoms with Crippen molar-refractivity contribution >= 4 is 21.7 Å². The highest BCUT2D eigenvalue weighted by atomic mass is 79.9. The SMILES string of the molecule is O=C(c1cccc(Br)c1F)c1cnnn1-c1ccccc1. The zero-order valence-electron chi connectivity index (χ0n) is 10.7. The molecule has 3 rings (SSSR count). The van der Waals surface area contributed by atoms with Gasteiger partial charge < -0.3 is 0 Å². The zero-order valence-corrected chi connectivity index (χ0v) is 12.3. The summed E-state index contributed by atoms with van der Waals surface area (Å²) in [6.07, 6.45) is 1.33. The molecule has 0 radical (unpaired) electrons. The Morgan fingerprint density at radius 2 is 1.86 bits per heavy atom. The number of aromatic nitrogens is 3. The van der Waals surface area contributed by atoms with Crippen LogP contribution in [0.4, 0.5) is 4.39 Å². The molecular weight excluding hydrogens is 337 g/mol. The summed E-state index contributed by atoms with van der Waals surface area (Å²) < 4.78 is 15.7. The van der Waals surface area contributed by atoms with Gasteiger partial charge in [0.25, 0.3) is 0 Å². The lowest BCUT2D eigenvalue weighted by Gasteiger charge is -2.06. The molecule has 1 heterocycles. The van der Waals surface area contributed by atoms with E-state index in [1.54, 1.807) is 24.3 Å². The van der Waals surface area contributed by atoms with E-state index in [2.05, 4.69) is 26.2 Å². The van der Waals surface area contributed by atoms with E-state index in [4.69, 9.17) is 0 Å². The smallest absolute Gasteiger partial charge is 0.216 e. The van der Waals surface area contributed by atoms with Crippen molar-refractivity contribution in [2.45, 2.75) is 0 Å². The van der Waals surface area contributed by atoms with Gasteiger partial charge in [-0.05, 0) is 40.2 Å². The van der Waals surface area contributed by atoms with Crippen molar-refractivity contribution in [3.8, 4) is 5.69 Å². The average Bonchev–Trinajstić information content (AvgIpc) is 3.00. The Bertz CT molecular complexity index is 802. The molecule has 0 bridgehead atoms. The van der Waals surface area contributed by atoms with Crippen molar-refractivity contribution in [2.24, 2.45) is 0 Å². The molecule has 0 unspecified atom stereocenters. The number of para-hydroxylation sites is 1. The fourth-order valence-electron chi connectivity index (χ4n) is 1.97. The zero-order chi connectivity index (χ0) is 14.8. The quantitative estimate of drug-likeness (QED) is 0.683. The van der Waals surface area contributed by atoms with Gasteiger partial charge in [-0.2, -0.15) is 0 Å². The highest BCUT2D eigenvalue weighted by Gasteiger charge is 2.20. The van der Waals surface area contributed by atoms with Crippen LogP contribution < -0.4 is 0 Å². The van der Waals surface area contributed by atoms with Crippen LogP contribution in [0, 0.1) is 5.82 Å². The maximum absolute atomic E-state index is 14.1. The molecule has 0 fully saturated rings. The van der Waals surface area contributed by atoms with Crippen LogP contribution in [0.1, 0.15) is 16.1 Å². The molecular formula is C15H9BrFN3O. The van der Waals surface area contributed by atoms with Crippen LogP contribution in [0.3, 0.4) is 0 Å². The van der Waals surface area contributed by atoms with Crippen LogP contribution in [-0.2, 0) is 0 Å². The molecule has 4 nitrogen and oxygen atoms in total. The van der Waals surface area contributed by atoms with Crippen LogP contribution in [-0.4, -0.2) is 20.8 Å². The molecule has 0 N–H and O–H groups in total. The second-order valence-electron chi connectivity index (χ2n) is 4.30. The Kier molecular flexibility index (Phi) is 3.62. The molecule has 21 heavy (non-hydrogen) atoms. The molecule has 0 saturated heterocycles. The minimum atomic E-state index is -0.594. The van der Waals surface area contributed by atoms with Gasteiger partial charge in [0.05, 0.1) is 21.9 Å². The topological polar surface area (TPSA) is 47.8 Å². The van der Waals surface area contributed by atoms with Crippen LogP contribution in [0.15, 0.2) is 59.2 Å². The molecule has 1 aromatic heterocycles. The van der Waals surface area contributed by atoms with Gasteiger partial charge in [-0.1, -0.05) is 29.5 Å². The normalized spacial score (nSPS) is 10.6. The number of nitrogens with zero attached hydrogens (tertiary/aromatic N) is 3. The highest BCUT2D eigenvalue weighted by Crippen LogP contribution is 2.21. The number of halogens is 2. The summed E-state index contributed by atoms with van der Waals surface area (Å²) in [5, 5.41) is 7.65. The first-order valence-electron chi connectivity index (χ1n) is 6.13. The van der Waals surface area contributed by atoms with Crippen LogP contribution >= 0.6 is 15.9 Å². The number of carbonyl (C=O) groups excluding carboxylic acids is 1. The minimum absolute atomic E-state index is 0.0242. The maximum Gasteiger partial charge on any atom is 0.216 e. The number of hydrogen-bond acceptors (Lipinski definition) is 3. The predicted octanol–water partition coefficient (Wildman–Crippen LogP) is 3.40. The molecule has 0 saturated carbocycles. The number of rotatable bonds is 3. The van der Waals surface area contributed by atoms with Crippen molar-refractivity contribution in [2.75, 3.05) is 0 Å². The van der Waals surface area contributed by atoms with Gasteiger partial charge in [-0.15, -0.1) is 5.10 Å². The molecule has 0 aliphatic rings. The third-order valence-electron chi connectivity index (χ3n) is 2.98. The molecule has 0 atom stereocenters. The van der Waals surface area contributed by atoms with Crippen molar-refractivity contribution in [3.63, 3.8) is 0 Å². The largest absolute Gasteiger partial charge is 0.287 e. The van der Waals surface area contributed by atoms with E-state index < -0.39 is 11.6 Å². The Balaban J connectivity index is 2.08. The summed E-state index contributed by atoms with van der Waals surface area (Å²) in [7, 11) is 0. The molecule has 0 spiro atoms. The van der Waals surface area contributed by atoms with Crippen molar-refractivity contribution in [1.82, 2.24) is 15.0 Å². The fourth-order valence-corrected chi connectivity index (χ4v) is 2.33. The first-order valence-corrected chi connectivity index (χ1v) is 6.92. The summed E-state index contributed by atoms with van der Waals surface area (Å²) in [6, 6.07) is 13.7. The maximum atomic E-state index is 14.1. The fraction of sp³-hybridized carbons (Fsp3) is 0. The van der Waals surface area contributed by atoms with E-state index in [1.165, 1.54) is 16.9 Å². The van der Waals surface area contributed by atoms with Gasteiger partial charge in [0, 0.05) is 0 Å². The van der Waals surface area contributed by atoms with Crippen LogP contribution in [0.2, 0.25) is 0 Å². The number of hydrogen-bond donors (Lipinski definition) is 0. The van der Waals surface area contributed by atoms with E-state index in [1.807, 2.05) is 18.2 Å². The summed E-state index contributed by atoms with van der Waals surface area (Å²) in [5.74, 6) is -1.06. The van der Waals surface area contributed by atoms with Crippen molar-refractivity contribution in [1.29, 1.82) is 0 Å².